The van der Waals surface area contributed by atoms with Gasteiger partial charge < -0.3 is 10.0 Å². The zero-order valence-corrected chi connectivity index (χ0v) is 12.8. The van der Waals surface area contributed by atoms with Gasteiger partial charge in [0.15, 0.2) is 0 Å². The number of aliphatic hydroxyl groups is 1. The fraction of sp³-hybridized carbons (Fsp3) is 0.812. The van der Waals surface area contributed by atoms with E-state index >= 15 is 0 Å². The van der Waals surface area contributed by atoms with E-state index in [1.54, 1.807) is 0 Å². The van der Waals surface area contributed by atoms with Crippen LogP contribution in [0.4, 0.5) is 0 Å². The number of rotatable bonds is 5. The van der Waals surface area contributed by atoms with Gasteiger partial charge in [0.25, 0.3) is 0 Å². The molecule has 5 heteroatoms. The van der Waals surface area contributed by atoms with Gasteiger partial charge in [0, 0.05) is 38.8 Å². The summed E-state index contributed by atoms with van der Waals surface area (Å²) in [5, 5.41) is 9.16. The number of nitrogens with zero attached hydrogens (tertiary/aromatic N) is 3. The predicted octanol–water partition coefficient (Wildman–Crippen LogP) is 0.000700. The molecule has 0 aromatic carbocycles. The molecule has 2 saturated heterocycles. The van der Waals surface area contributed by atoms with Crippen molar-refractivity contribution in [1.29, 1.82) is 0 Å². The molecule has 21 heavy (non-hydrogen) atoms. The smallest absolute Gasteiger partial charge is 0.236 e. The third-order valence-corrected chi connectivity index (χ3v) is 4.59. The Morgan fingerprint density at radius 1 is 1.19 bits per heavy atom. The molecular formula is C16H27N3O2. The minimum atomic E-state index is 0.208. The molecule has 2 aliphatic heterocycles. The number of piperidine rings is 1. The number of aliphatic hydroxyl groups excluding tert-OH is 1. The third-order valence-electron chi connectivity index (χ3n) is 4.59. The Morgan fingerprint density at radius 2 is 1.95 bits per heavy atom. The van der Waals surface area contributed by atoms with Gasteiger partial charge in [-0.2, -0.15) is 0 Å². The number of hydrogen-bond donors (Lipinski definition) is 1. The molecule has 0 radical (unpaired) electrons. The summed E-state index contributed by atoms with van der Waals surface area (Å²) in [5.74, 6) is 2.88. The van der Waals surface area contributed by atoms with Crippen molar-refractivity contribution in [1.82, 2.24) is 14.7 Å². The van der Waals surface area contributed by atoms with Crippen LogP contribution in [0, 0.1) is 12.3 Å². The lowest BCUT2D eigenvalue weighted by Crippen LogP contribution is -2.53. The number of amides is 1. The molecule has 2 aliphatic rings. The van der Waals surface area contributed by atoms with Crippen molar-refractivity contribution in [2.45, 2.75) is 31.7 Å². The molecular weight excluding hydrogens is 266 g/mol. The molecule has 0 saturated carbocycles. The first-order valence-electron chi connectivity index (χ1n) is 8.03. The van der Waals surface area contributed by atoms with E-state index in [0.29, 0.717) is 19.1 Å². The van der Waals surface area contributed by atoms with E-state index < -0.39 is 0 Å². The summed E-state index contributed by atoms with van der Waals surface area (Å²) >= 11 is 0. The number of likely N-dealkylation sites (tertiary alicyclic amines) is 1. The summed E-state index contributed by atoms with van der Waals surface area (Å²) in [7, 11) is 0. The maximum absolute atomic E-state index is 12.4. The average Bonchev–Trinajstić information content (AvgIpc) is 2.50. The van der Waals surface area contributed by atoms with Crippen LogP contribution in [-0.4, -0.2) is 84.2 Å². The summed E-state index contributed by atoms with van der Waals surface area (Å²) in [4.78, 5) is 18.9. The van der Waals surface area contributed by atoms with Gasteiger partial charge in [-0.25, -0.2) is 0 Å². The summed E-state index contributed by atoms with van der Waals surface area (Å²) in [6.45, 7) is 5.66. The maximum Gasteiger partial charge on any atom is 0.236 e. The van der Waals surface area contributed by atoms with Crippen LogP contribution >= 0.6 is 0 Å². The number of hydrogen-bond acceptors (Lipinski definition) is 4. The van der Waals surface area contributed by atoms with Crippen LogP contribution in [0.3, 0.4) is 0 Å². The predicted molar refractivity (Wildman–Crippen MR) is 82.8 cm³/mol. The fourth-order valence-corrected chi connectivity index (χ4v) is 3.30. The van der Waals surface area contributed by atoms with Gasteiger partial charge >= 0.3 is 0 Å². The van der Waals surface area contributed by atoms with Crippen molar-refractivity contribution in [3.05, 3.63) is 0 Å². The first-order valence-corrected chi connectivity index (χ1v) is 8.03. The highest BCUT2D eigenvalue weighted by molar-refractivity contribution is 5.78. The van der Waals surface area contributed by atoms with Crippen LogP contribution < -0.4 is 0 Å². The highest BCUT2D eigenvalue weighted by Crippen LogP contribution is 2.19. The highest BCUT2D eigenvalue weighted by Gasteiger charge is 2.27. The molecule has 0 bridgehead atoms. The first kappa shape index (κ1) is 16.3. The van der Waals surface area contributed by atoms with Gasteiger partial charge in [-0.05, 0) is 25.8 Å². The largest absolute Gasteiger partial charge is 0.396 e. The second kappa shape index (κ2) is 8.38. The van der Waals surface area contributed by atoms with Gasteiger partial charge in [0.05, 0.1) is 13.1 Å². The van der Waals surface area contributed by atoms with Crippen LogP contribution in [0.25, 0.3) is 0 Å². The molecule has 2 fully saturated rings. The molecule has 1 N–H and O–H groups in total. The molecule has 1 atom stereocenters. The Balaban J connectivity index is 1.79. The Morgan fingerprint density at radius 3 is 2.62 bits per heavy atom. The SMILES string of the molecule is C#CCN1CCN(C(=O)CN2CCCCC2CCO)CC1. The van der Waals surface area contributed by atoms with E-state index in [1.807, 2.05) is 4.90 Å². The molecule has 5 nitrogen and oxygen atoms in total. The monoisotopic (exact) mass is 293 g/mol. The van der Waals surface area contributed by atoms with Gasteiger partial charge in [0.1, 0.15) is 0 Å². The van der Waals surface area contributed by atoms with E-state index in [9.17, 15) is 4.79 Å². The van der Waals surface area contributed by atoms with Gasteiger partial charge in [-0.15, -0.1) is 6.42 Å². The van der Waals surface area contributed by atoms with E-state index in [-0.39, 0.29) is 12.5 Å². The number of carbonyl (C=O) groups is 1. The second-order valence-electron chi connectivity index (χ2n) is 5.99. The fourth-order valence-electron chi connectivity index (χ4n) is 3.30. The molecule has 118 valence electrons. The topological polar surface area (TPSA) is 47.0 Å². The number of piperazine rings is 1. The highest BCUT2D eigenvalue weighted by atomic mass is 16.3. The van der Waals surface area contributed by atoms with Crippen LogP contribution in [0.1, 0.15) is 25.7 Å². The molecule has 0 aromatic rings. The normalized spacial score (nSPS) is 24.8. The Labute approximate surface area is 127 Å². The van der Waals surface area contributed by atoms with Crippen LogP contribution in [-0.2, 0) is 4.79 Å². The van der Waals surface area contributed by atoms with E-state index in [2.05, 4.69) is 15.7 Å². The van der Waals surface area contributed by atoms with Crippen molar-refractivity contribution in [3.8, 4) is 12.3 Å². The standard InChI is InChI=1S/C16H27N3O2/c1-2-7-17-9-11-18(12-10-17)16(21)14-19-8-4-3-5-15(19)6-13-20/h1,15,20H,3-14H2. The molecule has 1 unspecified atom stereocenters. The Kier molecular flexibility index (Phi) is 6.50. The number of terminal acetylenes is 1. The summed E-state index contributed by atoms with van der Waals surface area (Å²) < 4.78 is 0. The second-order valence-corrected chi connectivity index (χ2v) is 5.99. The summed E-state index contributed by atoms with van der Waals surface area (Å²) in [5.41, 5.74) is 0. The Bertz CT molecular complexity index is 370. The van der Waals surface area contributed by atoms with Crippen molar-refractivity contribution >= 4 is 5.91 Å². The molecule has 2 heterocycles. The Hall–Kier alpha value is -1.09. The summed E-state index contributed by atoms with van der Waals surface area (Å²) in [6, 6.07) is 0.371. The minimum absolute atomic E-state index is 0.208. The zero-order chi connectivity index (χ0) is 15.1. The van der Waals surface area contributed by atoms with Gasteiger partial charge in [-0.1, -0.05) is 12.3 Å². The van der Waals surface area contributed by atoms with Crippen molar-refractivity contribution in [2.24, 2.45) is 0 Å². The molecule has 0 aromatic heterocycles. The number of carbonyl (C=O) groups excluding carboxylic acids is 1. The zero-order valence-electron chi connectivity index (χ0n) is 12.8. The lowest BCUT2D eigenvalue weighted by atomic mass is 9.99. The van der Waals surface area contributed by atoms with Gasteiger partial charge in [0.2, 0.25) is 5.91 Å². The first-order chi connectivity index (χ1) is 10.2. The quantitative estimate of drug-likeness (QED) is 0.725. The minimum Gasteiger partial charge on any atom is -0.396 e. The van der Waals surface area contributed by atoms with Crippen molar-refractivity contribution in [2.75, 3.05) is 52.4 Å². The van der Waals surface area contributed by atoms with Crippen LogP contribution in [0.15, 0.2) is 0 Å². The molecule has 0 aliphatic carbocycles. The molecule has 0 spiro atoms. The van der Waals surface area contributed by atoms with Crippen molar-refractivity contribution < 1.29 is 9.90 Å². The summed E-state index contributed by atoms with van der Waals surface area (Å²) in [6.07, 6.45) is 9.57. The molecule has 1 amide bonds. The van der Waals surface area contributed by atoms with E-state index in [1.165, 1.54) is 6.42 Å². The maximum atomic E-state index is 12.4. The van der Waals surface area contributed by atoms with Crippen LogP contribution in [0.2, 0.25) is 0 Å². The van der Waals surface area contributed by atoms with E-state index in [0.717, 1.165) is 52.0 Å². The van der Waals surface area contributed by atoms with Crippen LogP contribution in [0.5, 0.6) is 0 Å². The lowest BCUT2D eigenvalue weighted by Gasteiger charge is -2.38. The third kappa shape index (κ3) is 4.70. The van der Waals surface area contributed by atoms with Gasteiger partial charge in [-0.3, -0.25) is 14.6 Å². The average molecular weight is 293 g/mol. The molecule has 2 rings (SSSR count). The lowest BCUT2D eigenvalue weighted by molar-refractivity contribution is -0.135. The van der Waals surface area contributed by atoms with E-state index in [4.69, 9.17) is 11.5 Å². The van der Waals surface area contributed by atoms with Crippen molar-refractivity contribution in [3.63, 3.8) is 0 Å².